The number of hydrogen-bond acceptors (Lipinski definition) is 3. The summed E-state index contributed by atoms with van der Waals surface area (Å²) in [5.74, 6) is 0.314. The first-order valence-electron chi connectivity index (χ1n) is 4.10. The van der Waals surface area contributed by atoms with E-state index in [1.807, 2.05) is 7.05 Å². The maximum atomic E-state index is 11.1. The molecule has 2 heterocycles. The van der Waals surface area contributed by atoms with Crippen LogP contribution in [0.15, 0.2) is 0 Å². The molecule has 0 aliphatic carbocycles. The second kappa shape index (κ2) is 2.29. The van der Waals surface area contributed by atoms with E-state index in [0.717, 1.165) is 6.42 Å². The standard InChI is InChI=1S/C8H13NO2/c1-9-5-2-6(10)4-7(9)8(11)3-5/h5,7-8,11H,2-4H2,1H3/t5-,7+,8+/m1/s1. The Balaban J connectivity index is 2.20. The highest BCUT2D eigenvalue weighted by molar-refractivity contribution is 5.81. The number of piperidine rings is 1. The highest BCUT2D eigenvalue weighted by Crippen LogP contribution is 2.32. The topological polar surface area (TPSA) is 40.5 Å². The summed E-state index contributed by atoms with van der Waals surface area (Å²) in [6, 6.07) is 0.428. The van der Waals surface area contributed by atoms with Crippen molar-refractivity contribution >= 4 is 5.78 Å². The summed E-state index contributed by atoms with van der Waals surface area (Å²) in [7, 11) is 2.00. The molecule has 0 aromatic rings. The summed E-state index contributed by atoms with van der Waals surface area (Å²) in [6.07, 6.45) is 1.71. The predicted molar refractivity (Wildman–Crippen MR) is 40.2 cm³/mol. The second-order valence-electron chi connectivity index (χ2n) is 3.64. The first kappa shape index (κ1) is 7.25. The van der Waals surface area contributed by atoms with Crippen molar-refractivity contribution in [2.24, 2.45) is 0 Å². The summed E-state index contributed by atoms with van der Waals surface area (Å²) in [5.41, 5.74) is 0. The van der Waals surface area contributed by atoms with Gasteiger partial charge in [0.2, 0.25) is 0 Å². The lowest BCUT2D eigenvalue weighted by Gasteiger charge is -2.30. The van der Waals surface area contributed by atoms with Crippen molar-refractivity contribution in [2.45, 2.75) is 37.5 Å². The molecule has 0 radical (unpaired) electrons. The molecule has 2 aliphatic rings. The molecule has 2 aliphatic heterocycles. The van der Waals surface area contributed by atoms with E-state index in [1.165, 1.54) is 0 Å². The van der Waals surface area contributed by atoms with E-state index in [2.05, 4.69) is 4.90 Å². The molecule has 1 N–H and O–H groups in total. The quantitative estimate of drug-likeness (QED) is 0.526. The van der Waals surface area contributed by atoms with E-state index in [1.54, 1.807) is 0 Å². The minimum Gasteiger partial charge on any atom is -0.391 e. The first-order valence-corrected chi connectivity index (χ1v) is 4.10. The van der Waals surface area contributed by atoms with Gasteiger partial charge in [-0.25, -0.2) is 0 Å². The van der Waals surface area contributed by atoms with Crippen LogP contribution in [0.25, 0.3) is 0 Å². The number of aliphatic hydroxyl groups is 1. The molecule has 2 fully saturated rings. The van der Waals surface area contributed by atoms with Crippen molar-refractivity contribution in [1.29, 1.82) is 0 Å². The molecule has 11 heavy (non-hydrogen) atoms. The molecule has 2 rings (SSSR count). The normalized spacial score (nSPS) is 44.9. The number of nitrogens with zero attached hydrogens (tertiary/aromatic N) is 1. The number of fused-ring (bicyclic) bond motifs is 2. The number of rotatable bonds is 0. The van der Waals surface area contributed by atoms with Crippen LogP contribution >= 0.6 is 0 Å². The fourth-order valence-electron chi connectivity index (χ4n) is 2.23. The van der Waals surface area contributed by atoms with Gasteiger partial charge >= 0.3 is 0 Å². The predicted octanol–water partition coefficient (Wildman–Crippen LogP) is -0.217. The van der Waals surface area contributed by atoms with Crippen molar-refractivity contribution in [2.75, 3.05) is 7.05 Å². The average Bonchev–Trinajstić information content (AvgIpc) is 2.17. The second-order valence-corrected chi connectivity index (χ2v) is 3.64. The molecule has 0 aromatic carbocycles. The third-order valence-electron chi connectivity index (χ3n) is 2.96. The van der Waals surface area contributed by atoms with Crippen LogP contribution in [0, 0.1) is 0 Å². The highest BCUT2D eigenvalue weighted by Gasteiger charge is 2.43. The number of hydrogen-bond donors (Lipinski definition) is 1. The minimum atomic E-state index is -0.267. The molecular formula is C8H13NO2. The Bertz CT molecular complexity index is 193. The van der Waals surface area contributed by atoms with Crippen LogP contribution in [0.2, 0.25) is 0 Å². The third-order valence-corrected chi connectivity index (χ3v) is 2.96. The van der Waals surface area contributed by atoms with Crippen molar-refractivity contribution in [3.63, 3.8) is 0 Å². The average molecular weight is 155 g/mol. The molecule has 2 bridgehead atoms. The SMILES string of the molecule is CN1[C@@H]2CC(=O)C[C@H]1[C@@H](O)C2. The van der Waals surface area contributed by atoms with Crippen LogP contribution < -0.4 is 0 Å². The maximum absolute atomic E-state index is 11.1. The van der Waals surface area contributed by atoms with Crippen molar-refractivity contribution in [3.05, 3.63) is 0 Å². The van der Waals surface area contributed by atoms with Gasteiger partial charge in [-0.3, -0.25) is 9.69 Å². The molecule has 0 unspecified atom stereocenters. The van der Waals surface area contributed by atoms with Gasteiger partial charge in [-0.2, -0.15) is 0 Å². The third kappa shape index (κ3) is 0.993. The summed E-state index contributed by atoms with van der Waals surface area (Å²) in [5, 5.41) is 9.49. The van der Waals surface area contributed by atoms with Crippen LogP contribution in [-0.4, -0.2) is 41.0 Å². The van der Waals surface area contributed by atoms with Gasteiger partial charge in [0.1, 0.15) is 5.78 Å². The van der Waals surface area contributed by atoms with Crippen molar-refractivity contribution < 1.29 is 9.90 Å². The van der Waals surface area contributed by atoms with E-state index in [4.69, 9.17) is 0 Å². The summed E-state index contributed by atoms with van der Waals surface area (Å²) < 4.78 is 0. The number of Topliss-reactive ketones (excluding diaryl/α,β-unsaturated/α-hetero) is 1. The minimum absolute atomic E-state index is 0.112. The van der Waals surface area contributed by atoms with Crippen LogP contribution in [0.1, 0.15) is 19.3 Å². The van der Waals surface area contributed by atoms with Crippen LogP contribution in [-0.2, 0) is 4.79 Å². The van der Waals surface area contributed by atoms with Gasteiger partial charge in [-0.15, -0.1) is 0 Å². The van der Waals surface area contributed by atoms with Gasteiger partial charge in [-0.1, -0.05) is 0 Å². The van der Waals surface area contributed by atoms with E-state index in [-0.39, 0.29) is 12.1 Å². The summed E-state index contributed by atoms with van der Waals surface area (Å²) in [6.45, 7) is 0. The Kier molecular flexibility index (Phi) is 1.51. The monoisotopic (exact) mass is 155 g/mol. The van der Waals surface area contributed by atoms with E-state index < -0.39 is 0 Å². The smallest absolute Gasteiger partial charge is 0.136 e. The lowest BCUT2D eigenvalue weighted by molar-refractivity contribution is -0.123. The lowest BCUT2D eigenvalue weighted by Crippen LogP contribution is -2.42. The van der Waals surface area contributed by atoms with Gasteiger partial charge in [0.25, 0.3) is 0 Å². The molecule has 0 spiro atoms. The Labute approximate surface area is 66.0 Å². The summed E-state index contributed by atoms with van der Waals surface area (Å²) in [4.78, 5) is 13.2. The van der Waals surface area contributed by atoms with Crippen molar-refractivity contribution in [1.82, 2.24) is 4.90 Å². The number of ketones is 1. The van der Waals surface area contributed by atoms with Crippen LogP contribution in [0.4, 0.5) is 0 Å². The van der Waals surface area contributed by atoms with Gasteiger partial charge < -0.3 is 5.11 Å². The number of carbonyl (C=O) groups excluding carboxylic acids is 1. The zero-order valence-electron chi connectivity index (χ0n) is 6.66. The molecule has 0 aromatic heterocycles. The molecule has 2 saturated heterocycles. The number of likely N-dealkylation sites (N-methyl/N-ethyl adjacent to an activating group) is 1. The largest absolute Gasteiger partial charge is 0.391 e. The first-order chi connectivity index (χ1) is 5.18. The molecule has 3 nitrogen and oxygen atoms in total. The van der Waals surface area contributed by atoms with Crippen LogP contribution in [0.3, 0.4) is 0 Å². The van der Waals surface area contributed by atoms with Gasteiger partial charge in [0, 0.05) is 24.9 Å². The highest BCUT2D eigenvalue weighted by atomic mass is 16.3. The zero-order chi connectivity index (χ0) is 8.01. The number of carbonyl (C=O) groups is 1. The molecule has 0 amide bonds. The van der Waals surface area contributed by atoms with Gasteiger partial charge in [-0.05, 0) is 13.5 Å². The molecule has 3 heteroatoms. The molecule has 0 saturated carbocycles. The Morgan fingerprint density at radius 1 is 1.55 bits per heavy atom. The van der Waals surface area contributed by atoms with Gasteiger partial charge in [0.05, 0.1) is 6.10 Å². The van der Waals surface area contributed by atoms with Crippen LogP contribution in [0.5, 0.6) is 0 Å². The van der Waals surface area contributed by atoms with E-state index >= 15 is 0 Å². The van der Waals surface area contributed by atoms with Gasteiger partial charge in [0.15, 0.2) is 0 Å². The fraction of sp³-hybridized carbons (Fsp3) is 0.875. The molecule has 62 valence electrons. The lowest BCUT2D eigenvalue weighted by atomic mass is 10.0. The zero-order valence-corrected chi connectivity index (χ0v) is 6.66. The Morgan fingerprint density at radius 3 is 2.91 bits per heavy atom. The summed E-state index contributed by atoms with van der Waals surface area (Å²) >= 11 is 0. The Hall–Kier alpha value is -0.410. The van der Waals surface area contributed by atoms with E-state index in [0.29, 0.717) is 24.7 Å². The van der Waals surface area contributed by atoms with E-state index in [9.17, 15) is 9.90 Å². The fourth-order valence-corrected chi connectivity index (χ4v) is 2.23. The van der Waals surface area contributed by atoms with Crippen molar-refractivity contribution in [3.8, 4) is 0 Å². The molecular weight excluding hydrogens is 142 g/mol. The Morgan fingerprint density at radius 2 is 2.27 bits per heavy atom. The maximum Gasteiger partial charge on any atom is 0.136 e. The number of aliphatic hydroxyl groups excluding tert-OH is 1. The molecule has 3 atom stereocenters.